The Morgan fingerprint density at radius 1 is 1.36 bits per heavy atom. The molecule has 2 rings (SSSR count). The maximum atomic E-state index is 10.5. The van der Waals surface area contributed by atoms with E-state index in [-0.39, 0.29) is 0 Å². The summed E-state index contributed by atoms with van der Waals surface area (Å²) < 4.78 is 1.89. The molecule has 3 heteroatoms. The van der Waals surface area contributed by atoms with Gasteiger partial charge >= 0.3 is 0 Å². The van der Waals surface area contributed by atoms with Crippen LogP contribution in [0.3, 0.4) is 0 Å². The molecular formula is C11H14N2O. The Morgan fingerprint density at radius 3 is 2.64 bits per heavy atom. The summed E-state index contributed by atoms with van der Waals surface area (Å²) >= 11 is 0. The molecule has 0 aliphatic heterocycles. The lowest BCUT2D eigenvalue weighted by Crippen LogP contribution is -1.86. The van der Waals surface area contributed by atoms with Gasteiger partial charge in [-0.05, 0) is 19.1 Å². The number of aromatic nitrogens is 2. The highest BCUT2D eigenvalue weighted by molar-refractivity contribution is 5.75. The van der Waals surface area contributed by atoms with Gasteiger partial charge in [0, 0.05) is 6.20 Å². The molecule has 0 spiro atoms. The molecule has 0 fully saturated rings. The fraction of sp³-hybridized carbons (Fsp3) is 0.273. The number of nitrogens with zero attached hydrogens (tertiary/aromatic N) is 2. The Hall–Kier alpha value is -1.64. The summed E-state index contributed by atoms with van der Waals surface area (Å²) in [6.07, 6.45) is 2.67. The summed E-state index contributed by atoms with van der Waals surface area (Å²) in [7, 11) is 0. The van der Waals surface area contributed by atoms with Crippen LogP contribution in [0.4, 0.5) is 0 Å². The average molecular weight is 190 g/mol. The zero-order valence-electron chi connectivity index (χ0n) is 8.69. The Morgan fingerprint density at radius 2 is 2.07 bits per heavy atom. The number of aldehydes is 1. The topological polar surface area (TPSA) is 34.4 Å². The third-order valence-corrected chi connectivity index (χ3v) is 1.92. The molecule has 0 saturated carbocycles. The standard InChI is InChI=1S/C9H8N2O.C2H6/c1-7-8(6-12)10-9-4-2-3-5-11(7)9;1-2/h2-6H,1H3;1-2H3. The molecule has 2 aromatic heterocycles. The van der Waals surface area contributed by atoms with Crippen LogP contribution in [0.1, 0.15) is 30.0 Å². The van der Waals surface area contributed by atoms with E-state index in [0.717, 1.165) is 17.6 Å². The minimum atomic E-state index is 0.515. The van der Waals surface area contributed by atoms with Crippen LogP contribution in [0.2, 0.25) is 0 Å². The molecule has 3 nitrogen and oxygen atoms in total. The lowest BCUT2D eigenvalue weighted by atomic mass is 10.4. The van der Waals surface area contributed by atoms with E-state index in [4.69, 9.17) is 0 Å². The predicted octanol–water partition coefficient (Wildman–Crippen LogP) is 2.48. The number of imidazole rings is 1. The van der Waals surface area contributed by atoms with Crippen molar-refractivity contribution in [3.05, 3.63) is 35.8 Å². The lowest BCUT2D eigenvalue weighted by Gasteiger charge is -1.92. The van der Waals surface area contributed by atoms with E-state index in [1.165, 1.54) is 0 Å². The molecule has 0 aliphatic rings. The largest absolute Gasteiger partial charge is 0.304 e. The van der Waals surface area contributed by atoms with Crippen LogP contribution in [0.15, 0.2) is 24.4 Å². The molecule has 0 aromatic carbocycles. The molecule has 0 N–H and O–H groups in total. The third kappa shape index (κ3) is 1.66. The summed E-state index contributed by atoms with van der Waals surface area (Å²) in [5.41, 5.74) is 2.22. The monoisotopic (exact) mass is 190 g/mol. The molecule has 2 aromatic rings. The predicted molar refractivity (Wildman–Crippen MR) is 56.7 cm³/mol. The van der Waals surface area contributed by atoms with E-state index < -0.39 is 0 Å². The average Bonchev–Trinajstić information content (AvgIpc) is 2.59. The van der Waals surface area contributed by atoms with Gasteiger partial charge in [-0.3, -0.25) is 4.79 Å². The Labute approximate surface area is 83.4 Å². The van der Waals surface area contributed by atoms with Crippen molar-refractivity contribution in [2.24, 2.45) is 0 Å². The van der Waals surface area contributed by atoms with Crippen molar-refractivity contribution in [2.45, 2.75) is 20.8 Å². The van der Waals surface area contributed by atoms with Gasteiger partial charge in [-0.15, -0.1) is 0 Å². The molecule has 0 unspecified atom stereocenters. The van der Waals surface area contributed by atoms with Gasteiger partial charge < -0.3 is 4.40 Å². The number of hydrogen-bond donors (Lipinski definition) is 0. The molecule has 0 saturated heterocycles. The van der Waals surface area contributed by atoms with Crippen molar-refractivity contribution < 1.29 is 4.79 Å². The fourth-order valence-electron chi connectivity index (χ4n) is 1.25. The SMILES string of the molecule is CC.Cc1c(C=O)nc2ccccn12. The second kappa shape index (κ2) is 4.56. The summed E-state index contributed by atoms with van der Waals surface area (Å²) in [4.78, 5) is 14.6. The van der Waals surface area contributed by atoms with Crippen LogP contribution < -0.4 is 0 Å². The first-order chi connectivity index (χ1) is 6.83. The number of aryl methyl sites for hydroxylation is 1. The minimum Gasteiger partial charge on any atom is -0.304 e. The van der Waals surface area contributed by atoms with Crippen molar-refractivity contribution >= 4 is 11.9 Å². The number of rotatable bonds is 1. The van der Waals surface area contributed by atoms with E-state index in [1.54, 1.807) is 0 Å². The Kier molecular flexibility index (Phi) is 3.40. The normalized spacial score (nSPS) is 9.36. The zero-order chi connectivity index (χ0) is 10.6. The maximum Gasteiger partial charge on any atom is 0.170 e. The summed E-state index contributed by atoms with van der Waals surface area (Å²) in [6, 6.07) is 5.69. The van der Waals surface area contributed by atoms with Gasteiger partial charge in [0.15, 0.2) is 6.29 Å². The summed E-state index contributed by atoms with van der Waals surface area (Å²) in [6.45, 7) is 5.88. The van der Waals surface area contributed by atoms with E-state index in [1.807, 2.05) is 49.6 Å². The number of carbonyl (C=O) groups excluding carboxylic acids is 1. The molecule has 14 heavy (non-hydrogen) atoms. The van der Waals surface area contributed by atoms with Crippen LogP contribution in [-0.4, -0.2) is 15.7 Å². The van der Waals surface area contributed by atoms with E-state index in [2.05, 4.69) is 4.98 Å². The highest BCUT2D eigenvalue weighted by Gasteiger charge is 2.04. The van der Waals surface area contributed by atoms with Gasteiger partial charge in [0.1, 0.15) is 11.3 Å². The number of pyridine rings is 1. The third-order valence-electron chi connectivity index (χ3n) is 1.92. The summed E-state index contributed by atoms with van der Waals surface area (Å²) in [5, 5.41) is 0. The number of fused-ring (bicyclic) bond motifs is 1. The molecule has 0 radical (unpaired) electrons. The second-order valence-electron chi connectivity index (χ2n) is 2.63. The van der Waals surface area contributed by atoms with Gasteiger partial charge in [0.25, 0.3) is 0 Å². The highest BCUT2D eigenvalue weighted by atomic mass is 16.1. The van der Waals surface area contributed by atoms with Gasteiger partial charge in [0.05, 0.1) is 5.69 Å². The lowest BCUT2D eigenvalue weighted by molar-refractivity contribution is 0.111. The van der Waals surface area contributed by atoms with Crippen molar-refractivity contribution in [2.75, 3.05) is 0 Å². The summed E-state index contributed by atoms with van der Waals surface area (Å²) in [5.74, 6) is 0. The molecule has 0 aliphatic carbocycles. The first-order valence-corrected chi connectivity index (χ1v) is 4.72. The Balaban J connectivity index is 0.000000461. The maximum absolute atomic E-state index is 10.5. The minimum absolute atomic E-state index is 0.515. The van der Waals surface area contributed by atoms with Crippen molar-refractivity contribution in [3.8, 4) is 0 Å². The van der Waals surface area contributed by atoms with Gasteiger partial charge in [-0.1, -0.05) is 19.9 Å². The molecule has 2 heterocycles. The quantitative estimate of drug-likeness (QED) is 0.647. The number of hydrogen-bond acceptors (Lipinski definition) is 2. The van der Waals surface area contributed by atoms with Crippen LogP contribution in [0, 0.1) is 6.92 Å². The number of carbonyl (C=O) groups is 1. The van der Waals surface area contributed by atoms with Crippen molar-refractivity contribution in [1.82, 2.24) is 9.38 Å². The molecule has 0 atom stereocenters. The smallest absolute Gasteiger partial charge is 0.170 e. The molecule has 74 valence electrons. The molecule has 0 amide bonds. The zero-order valence-corrected chi connectivity index (χ0v) is 8.69. The van der Waals surface area contributed by atoms with Gasteiger partial charge in [0.2, 0.25) is 0 Å². The highest BCUT2D eigenvalue weighted by Crippen LogP contribution is 2.08. The molecular weight excluding hydrogens is 176 g/mol. The fourth-order valence-corrected chi connectivity index (χ4v) is 1.25. The van der Waals surface area contributed by atoms with Crippen LogP contribution in [0.5, 0.6) is 0 Å². The van der Waals surface area contributed by atoms with Gasteiger partial charge in [-0.2, -0.15) is 0 Å². The van der Waals surface area contributed by atoms with Crippen LogP contribution >= 0.6 is 0 Å². The first kappa shape index (κ1) is 10.4. The second-order valence-corrected chi connectivity index (χ2v) is 2.63. The van der Waals surface area contributed by atoms with E-state index in [0.29, 0.717) is 5.69 Å². The van der Waals surface area contributed by atoms with Crippen molar-refractivity contribution in [3.63, 3.8) is 0 Å². The van der Waals surface area contributed by atoms with E-state index >= 15 is 0 Å². The molecule has 0 bridgehead atoms. The van der Waals surface area contributed by atoms with Crippen molar-refractivity contribution in [1.29, 1.82) is 0 Å². The first-order valence-electron chi connectivity index (χ1n) is 4.72. The van der Waals surface area contributed by atoms with Crippen LogP contribution in [0.25, 0.3) is 5.65 Å². The van der Waals surface area contributed by atoms with Gasteiger partial charge in [-0.25, -0.2) is 4.98 Å². The van der Waals surface area contributed by atoms with Crippen LogP contribution in [-0.2, 0) is 0 Å². The Bertz CT molecular complexity index is 432. The van der Waals surface area contributed by atoms with E-state index in [9.17, 15) is 4.79 Å².